The molecule has 0 radical (unpaired) electrons. The van der Waals surface area contributed by atoms with Crippen LogP contribution in [0.5, 0.6) is 0 Å². The molecule has 2 rings (SSSR count). The molecule has 2 aliphatic carbocycles. The fraction of sp³-hybridized carbons (Fsp3) is 0.867. The SMILES string of the molecule is CC1CCC(NC(=O)C2(C(N)=S)CCCCC2)C1C. The third kappa shape index (κ3) is 2.78. The maximum absolute atomic E-state index is 12.7. The molecule has 3 nitrogen and oxygen atoms in total. The van der Waals surface area contributed by atoms with Crippen LogP contribution < -0.4 is 11.1 Å². The van der Waals surface area contributed by atoms with Crippen LogP contribution in [0.1, 0.15) is 58.8 Å². The third-order valence-electron chi connectivity index (χ3n) is 5.40. The Hall–Kier alpha value is -0.640. The average molecular weight is 282 g/mol. The van der Waals surface area contributed by atoms with Gasteiger partial charge in [-0.3, -0.25) is 4.79 Å². The highest BCUT2D eigenvalue weighted by molar-refractivity contribution is 7.80. The van der Waals surface area contributed by atoms with Crippen LogP contribution in [0.3, 0.4) is 0 Å². The Labute approximate surface area is 121 Å². The lowest BCUT2D eigenvalue weighted by atomic mass is 9.73. The molecule has 0 aromatic carbocycles. The van der Waals surface area contributed by atoms with E-state index in [1.807, 2.05) is 0 Å². The molecule has 0 bridgehead atoms. The number of nitrogens with one attached hydrogen (secondary N) is 1. The van der Waals surface area contributed by atoms with Crippen LogP contribution in [0, 0.1) is 17.3 Å². The molecule has 1 amide bonds. The summed E-state index contributed by atoms with van der Waals surface area (Å²) in [5.74, 6) is 1.33. The fourth-order valence-corrected chi connectivity index (χ4v) is 3.91. The molecule has 0 aromatic heterocycles. The monoisotopic (exact) mass is 282 g/mol. The lowest BCUT2D eigenvalue weighted by Crippen LogP contribution is -2.53. The Kier molecular flexibility index (Phi) is 4.49. The largest absolute Gasteiger partial charge is 0.392 e. The van der Waals surface area contributed by atoms with Crippen molar-refractivity contribution in [3.63, 3.8) is 0 Å². The number of thiocarbonyl (C=S) groups is 1. The van der Waals surface area contributed by atoms with Crippen molar-refractivity contribution in [3.8, 4) is 0 Å². The highest BCUT2D eigenvalue weighted by Crippen LogP contribution is 2.38. The summed E-state index contributed by atoms with van der Waals surface area (Å²) in [5, 5.41) is 3.24. The maximum atomic E-state index is 12.7. The van der Waals surface area contributed by atoms with Crippen molar-refractivity contribution in [2.45, 2.75) is 64.8 Å². The minimum atomic E-state index is -0.570. The van der Waals surface area contributed by atoms with E-state index in [1.54, 1.807) is 0 Å². The molecule has 4 heteroatoms. The molecule has 0 saturated heterocycles. The van der Waals surface area contributed by atoms with Gasteiger partial charge in [0.05, 0.1) is 10.4 Å². The zero-order valence-corrected chi connectivity index (χ0v) is 12.9. The zero-order valence-electron chi connectivity index (χ0n) is 12.1. The minimum absolute atomic E-state index is 0.0886. The summed E-state index contributed by atoms with van der Waals surface area (Å²) in [6.45, 7) is 4.50. The van der Waals surface area contributed by atoms with Crippen molar-refractivity contribution in [1.29, 1.82) is 0 Å². The van der Waals surface area contributed by atoms with Crippen molar-refractivity contribution >= 4 is 23.1 Å². The highest BCUT2D eigenvalue weighted by atomic mass is 32.1. The third-order valence-corrected chi connectivity index (χ3v) is 5.79. The molecule has 0 aromatic rings. The summed E-state index contributed by atoms with van der Waals surface area (Å²) in [4.78, 5) is 13.1. The fourth-order valence-electron chi connectivity index (χ4n) is 3.62. The van der Waals surface area contributed by atoms with E-state index in [2.05, 4.69) is 19.2 Å². The Morgan fingerprint density at radius 1 is 1.21 bits per heavy atom. The maximum Gasteiger partial charge on any atom is 0.233 e. The Morgan fingerprint density at radius 2 is 1.84 bits per heavy atom. The van der Waals surface area contributed by atoms with Crippen molar-refractivity contribution in [1.82, 2.24) is 5.32 Å². The van der Waals surface area contributed by atoms with Crippen LogP contribution in [-0.2, 0) is 4.79 Å². The second kappa shape index (κ2) is 5.78. The van der Waals surface area contributed by atoms with E-state index in [0.717, 1.165) is 32.1 Å². The highest BCUT2D eigenvalue weighted by Gasteiger charge is 2.44. The van der Waals surface area contributed by atoms with Gasteiger partial charge in [-0.15, -0.1) is 0 Å². The Bertz CT molecular complexity index is 363. The van der Waals surface area contributed by atoms with Gasteiger partial charge in [-0.2, -0.15) is 0 Å². The first-order valence-electron chi connectivity index (χ1n) is 7.58. The summed E-state index contributed by atoms with van der Waals surface area (Å²) in [7, 11) is 0. The quantitative estimate of drug-likeness (QED) is 0.783. The molecule has 3 N–H and O–H groups in total. The van der Waals surface area contributed by atoms with Crippen LogP contribution in [0.25, 0.3) is 0 Å². The number of nitrogens with two attached hydrogens (primary N) is 1. The van der Waals surface area contributed by atoms with Crippen LogP contribution >= 0.6 is 12.2 Å². The molecular formula is C15H26N2OS. The predicted octanol–water partition coefficient (Wildman–Crippen LogP) is 2.77. The number of hydrogen-bond donors (Lipinski definition) is 2. The van der Waals surface area contributed by atoms with Gasteiger partial charge in [0.25, 0.3) is 0 Å². The van der Waals surface area contributed by atoms with Crippen LogP contribution in [0.2, 0.25) is 0 Å². The molecule has 3 unspecified atom stereocenters. The molecule has 108 valence electrons. The number of carbonyl (C=O) groups is 1. The number of carbonyl (C=O) groups excluding carboxylic acids is 1. The molecule has 2 aliphatic rings. The van der Waals surface area contributed by atoms with Crippen molar-refractivity contribution < 1.29 is 4.79 Å². The van der Waals surface area contributed by atoms with Gasteiger partial charge in [0.1, 0.15) is 0 Å². The second-order valence-corrected chi connectivity index (χ2v) is 6.94. The summed E-state index contributed by atoms with van der Waals surface area (Å²) in [6, 6.07) is 0.302. The van der Waals surface area contributed by atoms with E-state index in [0.29, 0.717) is 22.9 Å². The van der Waals surface area contributed by atoms with E-state index >= 15 is 0 Å². The smallest absolute Gasteiger partial charge is 0.233 e. The summed E-state index contributed by atoms with van der Waals surface area (Å²) in [6.07, 6.45) is 7.24. The van der Waals surface area contributed by atoms with Gasteiger partial charge >= 0.3 is 0 Å². The second-order valence-electron chi connectivity index (χ2n) is 6.50. The lowest BCUT2D eigenvalue weighted by molar-refractivity contribution is -0.129. The summed E-state index contributed by atoms with van der Waals surface area (Å²) in [5.41, 5.74) is 5.34. The van der Waals surface area contributed by atoms with Gasteiger partial charge in [0.2, 0.25) is 5.91 Å². The molecule has 2 saturated carbocycles. The Morgan fingerprint density at radius 3 is 2.32 bits per heavy atom. The zero-order chi connectivity index (χ0) is 14.0. The molecule has 19 heavy (non-hydrogen) atoms. The van der Waals surface area contributed by atoms with Gasteiger partial charge < -0.3 is 11.1 Å². The van der Waals surface area contributed by atoms with Gasteiger partial charge in [0.15, 0.2) is 0 Å². The summed E-state index contributed by atoms with van der Waals surface area (Å²) < 4.78 is 0. The van der Waals surface area contributed by atoms with Gasteiger partial charge in [-0.1, -0.05) is 45.3 Å². The Balaban J connectivity index is 2.06. The van der Waals surface area contributed by atoms with E-state index in [4.69, 9.17) is 18.0 Å². The molecule has 0 spiro atoms. The van der Waals surface area contributed by atoms with E-state index in [-0.39, 0.29) is 5.91 Å². The first-order chi connectivity index (χ1) is 8.97. The van der Waals surface area contributed by atoms with Crippen molar-refractivity contribution in [3.05, 3.63) is 0 Å². The number of amides is 1. The average Bonchev–Trinajstić information content (AvgIpc) is 2.71. The van der Waals surface area contributed by atoms with Crippen LogP contribution in [-0.4, -0.2) is 16.9 Å². The van der Waals surface area contributed by atoms with Crippen molar-refractivity contribution in [2.24, 2.45) is 23.0 Å². The molecule has 3 atom stereocenters. The van der Waals surface area contributed by atoms with Gasteiger partial charge in [-0.05, 0) is 37.5 Å². The first kappa shape index (κ1) is 14.8. The first-order valence-corrected chi connectivity index (χ1v) is 7.99. The van der Waals surface area contributed by atoms with Gasteiger partial charge in [0, 0.05) is 6.04 Å². The lowest BCUT2D eigenvalue weighted by Gasteiger charge is -2.36. The molecule has 0 heterocycles. The summed E-state index contributed by atoms with van der Waals surface area (Å²) >= 11 is 5.21. The standard InChI is InChI=1S/C15H26N2OS/c1-10-6-7-12(11(10)2)17-14(18)15(13(16)19)8-4-3-5-9-15/h10-12H,3-9H2,1-2H3,(H2,16,19)(H,17,18). The van der Waals surface area contributed by atoms with Crippen LogP contribution in [0.4, 0.5) is 0 Å². The van der Waals surface area contributed by atoms with E-state index in [9.17, 15) is 4.79 Å². The molecule has 2 fully saturated rings. The topological polar surface area (TPSA) is 55.1 Å². The van der Waals surface area contributed by atoms with Crippen molar-refractivity contribution in [2.75, 3.05) is 0 Å². The van der Waals surface area contributed by atoms with E-state index < -0.39 is 5.41 Å². The number of rotatable bonds is 3. The van der Waals surface area contributed by atoms with Gasteiger partial charge in [-0.25, -0.2) is 0 Å². The normalized spacial score (nSPS) is 33.9. The number of hydrogen-bond acceptors (Lipinski definition) is 2. The predicted molar refractivity (Wildman–Crippen MR) is 81.8 cm³/mol. The molecular weight excluding hydrogens is 256 g/mol. The van der Waals surface area contributed by atoms with E-state index in [1.165, 1.54) is 12.8 Å². The minimum Gasteiger partial charge on any atom is -0.392 e. The molecule has 0 aliphatic heterocycles. The van der Waals surface area contributed by atoms with Crippen LogP contribution in [0.15, 0.2) is 0 Å².